The van der Waals surface area contributed by atoms with Gasteiger partial charge in [-0.3, -0.25) is 10.1 Å². The van der Waals surface area contributed by atoms with Crippen molar-refractivity contribution in [1.82, 2.24) is 15.5 Å². The maximum Gasteiger partial charge on any atom is 0.238 e. The quantitative estimate of drug-likeness (QED) is 0.769. The lowest BCUT2D eigenvalue weighted by Crippen LogP contribution is -2.48. The Morgan fingerprint density at radius 3 is 2.63 bits per heavy atom. The normalized spacial score (nSPS) is 16.0. The molecule has 1 aromatic heterocycles. The summed E-state index contributed by atoms with van der Waals surface area (Å²) in [6.45, 7) is 1.91. The Balaban J connectivity index is 1.70. The molecule has 146 valence electrons. The van der Waals surface area contributed by atoms with Crippen molar-refractivity contribution in [1.29, 1.82) is 0 Å². The number of carbonyl (C=O) groups excluding carboxylic acids is 1. The first-order valence-corrected chi connectivity index (χ1v) is 9.14. The summed E-state index contributed by atoms with van der Waals surface area (Å²) in [4.78, 5) is 17.0. The summed E-state index contributed by atoms with van der Waals surface area (Å²) in [5.74, 6) is 2.20. The van der Waals surface area contributed by atoms with Gasteiger partial charge in [0.1, 0.15) is 11.5 Å². The van der Waals surface area contributed by atoms with E-state index in [-0.39, 0.29) is 12.5 Å². The molecule has 2 N–H and O–H groups in total. The standard InChI is InChI=1S/C19H26N4O4/c1-13-21-18(23-27-13)19(9-5-4-6-10-19)20-12-17(24)22-15-11-14(25-2)7-8-16(15)26-3/h7-8,11,20H,4-6,9-10,12H2,1-3H3,(H,22,24). The van der Waals surface area contributed by atoms with E-state index < -0.39 is 5.54 Å². The van der Waals surface area contributed by atoms with Gasteiger partial charge in [-0.1, -0.05) is 24.4 Å². The lowest BCUT2D eigenvalue weighted by molar-refractivity contribution is -0.115. The number of aryl methyl sites for hydroxylation is 1. The molecule has 1 fully saturated rings. The van der Waals surface area contributed by atoms with E-state index in [1.165, 1.54) is 6.42 Å². The van der Waals surface area contributed by atoms with Gasteiger partial charge in [0.15, 0.2) is 5.82 Å². The maximum absolute atomic E-state index is 12.6. The van der Waals surface area contributed by atoms with Gasteiger partial charge in [-0.05, 0) is 25.0 Å². The molecule has 0 radical (unpaired) electrons. The molecule has 3 rings (SSSR count). The van der Waals surface area contributed by atoms with Crippen LogP contribution in [0.15, 0.2) is 22.7 Å². The van der Waals surface area contributed by atoms with E-state index in [2.05, 4.69) is 20.8 Å². The van der Waals surface area contributed by atoms with Gasteiger partial charge in [-0.15, -0.1) is 0 Å². The number of methoxy groups -OCH3 is 2. The fourth-order valence-electron chi connectivity index (χ4n) is 3.48. The predicted octanol–water partition coefficient (Wildman–Crippen LogP) is 2.78. The Hall–Kier alpha value is -2.61. The van der Waals surface area contributed by atoms with Crippen molar-refractivity contribution in [3.8, 4) is 11.5 Å². The molecular formula is C19H26N4O4. The van der Waals surface area contributed by atoms with Gasteiger partial charge in [-0.25, -0.2) is 0 Å². The lowest BCUT2D eigenvalue weighted by atomic mass is 9.81. The van der Waals surface area contributed by atoms with Crippen LogP contribution in [0.4, 0.5) is 5.69 Å². The molecule has 0 spiro atoms. The molecular weight excluding hydrogens is 348 g/mol. The average Bonchev–Trinajstić information content (AvgIpc) is 3.14. The van der Waals surface area contributed by atoms with Gasteiger partial charge in [0.25, 0.3) is 0 Å². The van der Waals surface area contributed by atoms with E-state index in [0.29, 0.717) is 28.9 Å². The van der Waals surface area contributed by atoms with Crippen LogP contribution in [-0.2, 0) is 10.3 Å². The van der Waals surface area contributed by atoms with Crippen LogP contribution < -0.4 is 20.1 Å². The summed E-state index contributed by atoms with van der Waals surface area (Å²) in [7, 11) is 3.14. The van der Waals surface area contributed by atoms with Crippen LogP contribution in [0.25, 0.3) is 0 Å². The number of ether oxygens (including phenoxy) is 2. The summed E-state index contributed by atoms with van der Waals surface area (Å²) in [6, 6.07) is 5.27. The van der Waals surface area contributed by atoms with Crippen LogP contribution in [0.2, 0.25) is 0 Å². The Morgan fingerprint density at radius 2 is 2.00 bits per heavy atom. The fraction of sp³-hybridized carbons (Fsp3) is 0.526. The molecule has 1 aromatic carbocycles. The lowest BCUT2D eigenvalue weighted by Gasteiger charge is -2.35. The minimum absolute atomic E-state index is 0.133. The van der Waals surface area contributed by atoms with Crippen LogP contribution in [0.3, 0.4) is 0 Å². The van der Waals surface area contributed by atoms with Crippen LogP contribution >= 0.6 is 0 Å². The molecule has 1 heterocycles. The number of nitrogens with one attached hydrogen (secondary N) is 2. The van der Waals surface area contributed by atoms with E-state index in [0.717, 1.165) is 25.7 Å². The third-order valence-corrected chi connectivity index (χ3v) is 4.93. The Kier molecular flexibility index (Phi) is 5.95. The first kappa shape index (κ1) is 19.2. The molecule has 0 bridgehead atoms. The van der Waals surface area contributed by atoms with Gasteiger partial charge in [-0.2, -0.15) is 4.98 Å². The highest BCUT2D eigenvalue weighted by Gasteiger charge is 2.38. The van der Waals surface area contributed by atoms with Gasteiger partial charge in [0, 0.05) is 13.0 Å². The van der Waals surface area contributed by atoms with Crippen molar-refractivity contribution in [3.63, 3.8) is 0 Å². The Labute approximate surface area is 158 Å². The zero-order chi connectivity index (χ0) is 19.3. The second-order valence-electron chi connectivity index (χ2n) is 6.75. The zero-order valence-corrected chi connectivity index (χ0v) is 16.0. The number of benzene rings is 1. The van der Waals surface area contributed by atoms with Crippen molar-refractivity contribution >= 4 is 11.6 Å². The number of carbonyl (C=O) groups is 1. The largest absolute Gasteiger partial charge is 0.497 e. The minimum atomic E-state index is -0.425. The van der Waals surface area contributed by atoms with Gasteiger partial charge in [0.2, 0.25) is 11.8 Å². The van der Waals surface area contributed by atoms with Gasteiger partial charge in [0.05, 0.1) is 32.0 Å². The van der Waals surface area contributed by atoms with Crippen LogP contribution in [0.5, 0.6) is 11.5 Å². The average molecular weight is 374 g/mol. The minimum Gasteiger partial charge on any atom is -0.497 e. The second-order valence-corrected chi connectivity index (χ2v) is 6.75. The summed E-state index contributed by atoms with van der Waals surface area (Å²) >= 11 is 0. The molecule has 2 aromatic rings. The first-order valence-electron chi connectivity index (χ1n) is 9.14. The number of rotatable bonds is 7. The smallest absolute Gasteiger partial charge is 0.238 e. The highest BCUT2D eigenvalue weighted by molar-refractivity contribution is 5.94. The molecule has 8 nitrogen and oxygen atoms in total. The molecule has 0 unspecified atom stereocenters. The molecule has 0 aliphatic heterocycles. The summed E-state index contributed by atoms with van der Waals surface area (Å²) in [6.07, 6.45) is 5.05. The number of nitrogens with zero attached hydrogens (tertiary/aromatic N) is 2. The molecule has 0 atom stereocenters. The molecule has 1 amide bonds. The van der Waals surface area contributed by atoms with Crippen molar-refractivity contribution in [3.05, 3.63) is 29.9 Å². The number of hydrogen-bond donors (Lipinski definition) is 2. The SMILES string of the molecule is COc1ccc(OC)c(NC(=O)CNC2(c3noc(C)n3)CCCCC2)c1. The van der Waals surface area contributed by atoms with Crippen molar-refractivity contribution in [2.75, 3.05) is 26.1 Å². The fourth-order valence-corrected chi connectivity index (χ4v) is 3.48. The van der Waals surface area contributed by atoms with Crippen molar-refractivity contribution in [2.45, 2.75) is 44.6 Å². The summed E-state index contributed by atoms with van der Waals surface area (Å²) < 4.78 is 15.7. The van der Waals surface area contributed by atoms with Gasteiger partial charge < -0.3 is 19.3 Å². The topological polar surface area (TPSA) is 98.5 Å². The second kappa shape index (κ2) is 8.39. The van der Waals surface area contributed by atoms with Crippen molar-refractivity contribution < 1.29 is 18.8 Å². The van der Waals surface area contributed by atoms with Crippen LogP contribution in [0, 0.1) is 6.92 Å². The van der Waals surface area contributed by atoms with E-state index in [1.54, 1.807) is 39.3 Å². The monoisotopic (exact) mass is 374 g/mol. The third-order valence-electron chi connectivity index (χ3n) is 4.93. The van der Waals surface area contributed by atoms with E-state index in [1.807, 2.05) is 0 Å². The van der Waals surface area contributed by atoms with E-state index >= 15 is 0 Å². The number of amides is 1. The Bertz CT molecular complexity index is 784. The summed E-state index contributed by atoms with van der Waals surface area (Å²) in [5, 5.41) is 10.4. The summed E-state index contributed by atoms with van der Waals surface area (Å²) in [5.41, 5.74) is 0.142. The van der Waals surface area contributed by atoms with E-state index in [4.69, 9.17) is 14.0 Å². The zero-order valence-electron chi connectivity index (χ0n) is 16.0. The predicted molar refractivity (Wildman–Crippen MR) is 100.0 cm³/mol. The molecule has 27 heavy (non-hydrogen) atoms. The van der Waals surface area contributed by atoms with Crippen molar-refractivity contribution in [2.24, 2.45) is 0 Å². The highest BCUT2D eigenvalue weighted by Crippen LogP contribution is 2.35. The molecule has 1 saturated carbocycles. The maximum atomic E-state index is 12.6. The highest BCUT2D eigenvalue weighted by atomic mass is 16.5. The molecule has 1 aliphatic rings. The van der Waals surface area contributed by atoms with Crippen LogP contribution in [0.1, 0.15) is 43.8 Å². The molecule has 0 saturated heterocycles. The third kappa shape index (κ3) is 4.39. The van der Waals surface area contributed by atoms with Crippen LogP contribution in [-0.4, -0.2) is 36.8 Å². The molecule has 8 heteroatoms. The number of aromatic nitrogens is 2. The first-order chi connectivity index (χ1) is 13.1. The number of hydrogen-bond acceptors (Lipinski definition) is 7. The van der Waals surface area contributed by atoms with E-state index in [9.17, 15) is 4.79 Å². The number of anilines is 1. The Morgan fingerprint density at radius 1 is 1.22 bits per heavy atom. The van der Waals surface area contributed by atoms with Gasteiger partial charge >= 0.3 is 0 Å². The molecule has 1 aliphatic carbocycles.